The van der Waals surface area contributed by atoms with E-state index in [1.807, 2.05) is 0 Å². The lowest BCUT2D eigenvalue weighted by atomic mass is 9.90. The van der Waals surface area contributed by atoms with Crippen LogP contribution >= 0.6 is 0 Å². The molecule has 0 radical (unpaired) electrons. The van der Waals surface area contributed by atoms with Gasteiger partial charge in [-0.25, -0.2) is 19.2 Å². The van der Waals surface area contributed by atoms with Gasteiger partial charge in [-0.3, -0.25) is 4.79 Å². The number of benzene rings is 3. The molecule has 262 valence electrons. The van der Waals surface area contributed by atoms with Crippen LogP contribution < -0.4 is 18.9 Å². The lowest BCUT2D eigenvalue weighted by Crippen LogP contribution is -2.22. The fraction of sp³-hybridized carbons (Fsp3) is 0.154. The maximum atomic E-state index is 15.1. The second kappa shape index (κ2) is 15.8. The third kappa shape index (κ3) is 9.57. The summed E-state index contributed by atoms with van der Waals surface area (Å²) < 4.78 is 66.2. The molecule has 0 aliphatic rings. The van der Waals surface area contributed by atoms with Crippen molar-refractivity contribution < 1.29 is 56.1 Å². The molecule has 0 saturated carbocycles. The van der Waals surface area contributed by atoms with Crippen molar-refractivity contribution in [1.82, 2.24) is 0 Å². The van der Waals surface area contributed by atoms with Crippen LogP contribution in [-0.2, 0) is 25.4 Å². The largest absolute Gasteiger partial charge is 0.423 e. The van der Waals surface area contributed by atoms with E-state index in [0.717, 1.165) is 19.1 Å². The van der Waals surface area contributed by atoms with Crippen LogP contribution in [0.3, 0.4) is 0 Å². The molecule has 0 aliphatic heterocycles. The highest BCUT2D eigenvalue weighted by Crippen LogP contribution is 2.48. The molecule has 0 heterocycles. The molecule has 3 aromatic rings. The van der Waals surface area contributed by atoms with Gasteiger partial charge in [0.15, 0.2) is 5.75 Å². The molecule has 0 saturated heterocycles. The number of carbonyl (C=O) groups is 5. The van der Waals surface area contributed by atoms with Gasteiger partial charge in [-0.2, -0.15) is 13.2 Å². The standard InChI is InChI=1S/C39H31F3O9/c1-20(2)35(44)48-27-15-10-25(11-16-27)12-19-29-24(9)33(50-37(46)22(5)6)30(34(31(29)39(40,41)42)51-38(47)23(7)8)32(43)26-13-17-28(18-14-26)49-36(45)21(3)4/h10-11,13-18H,1,3,5,7H2,2,4,6,8-9H3. The van der Waals surface area contributed by atoms with Crippen molar-refractivity contribution in [3.8, 4) is 34.8 Å². The number of ether oxygens (including phenoxy) is 4. The molecule has 0 atom stereocenters. The van der Waals surface area contributed by atoms with Crippen LogP contribution in [0.15, 0.2) is 97.1 Å². The number of rotatable bonds is 10. The Bertz CT molecular complexity index is 2070. The van der Waals surface area contributed by atoms with Crippen LogP contribution in [0.25, 0.3) is 0 Å². The van der Waals surface area contributed by atoms with Gasteiger partial charge in [0.05, 0.1) is 0 Å². The fourth-order valence-corrected chi connectivity index (χ4v) is 4.00. The zero-order valence-corrected chi connectivity index (χ0v) is 28.3. The molecule has 0 N–H and O–H groups in total. The van der Waals surface area contributed by atoms with Crippen LogP contribution in [0.2, 0.25) is 0 Å². The minimum Gasteiger partial charge on any atom is -0.423 e. The molecule has 9 nitrogen and oxygen atoms in total. The Hall–Kier alpha value is -6.48. The molecule has 0 aliphatic carbocycles. The first kappa shape index (κ1) is 39.0. The highest BCUT2D eigenvalue weighted by Gasteiger charge is 2.43. The Morgan fingerprint density at radius 3 is 1.39 bits per heavy atom. The Morgan fingerprint density at radius 1 is 0.588 bits per heavy atom. The SMILES string of the molecule is C=C(C)C(=O)Oc1ccc(C#Cc2c(C)c(OC(=O)C(=C)C)c(C(=O)c3ccc(OC(=O)C(=C)C)cc3)c(OC(=O)C(=C)C)c2C(F)(F)F)cc1. The van der Waals surface area contributed by atoms with Crippen molar-refractivity contribution in [2.24, 2.45) is 0 Å². The number of esters is 4. The zero-order chi connectivity index (χ0) is 38.4. The van der Waals surface area contributed by atoms with Crippen LogP contribution in [0.1, 0.15) is 65.9 Å². The van der Waals surface area contributed by atoms with E-state index in [1.165, 1.54) is 64.1 Å². The van der Waals surface area contributed by atoms with Gasteiger partial charge in [0.25, 0.3) is 0 Å². The second-order valence-corrected chi connectivity index (χ2v) is 11.2. The summed E-state index contributed by atoms with van der Waals surface area (Å²) >= 11 is 0. The number of hydrogen-bond donors (Lipinski definition) is 0. The van der Waals surface area contributed by atoms with Gasteiger partial charge in [-0.15, -0.1) is 0 Å². The van der Waals surface area contributed by atoms with Gasteiger partial charge in [0.1, 0.15) is 28.4 Å². The maximum Gasteiger partial charge on any atom is 0.421 e. The summed E-state index contributed by atoms with van der Waals surface area (Å²) in [7, 11) is 0. The summed E-state index contributed by atoms with van der Waals surface area (Å²) in [4.78, 5) is 63.5. The Labute approximate surface area is 291 Å². The first-order chi connectivity index (χ1) is 23.7. The summed E-state index contributed by atoms with van der Waals surface area (Å²) in [6.07, 6.45) is -5.30. The zero-order valence-electron chi connectivity index (χ0n) is 28.3. The van der Waals surface area contributed by atoms with E-state index < -0.39 is 69.6 Å². The Morgan fingerprint density at radius 2 is 0.980 bits per heavy atom. The van der Waals surface area contributed by atoms with E-state index in [4.69, 9.17) is 18.9 Å². The monoisotopic (exact) mass is 700 g/mol. The van der Waals surface area contributed by atoms with E-state index in [-0.39, 0.29) is 44.9 Å². The molecule has 3 rings (SSSR count). The van der Waals surface area contributed by atoms with E-state index >= 15 is 13.2 Å². The summed E-state index contributed by atoms with van der Waals surface area (Å²) in [5.74, 6) is -1.91. The van der Waals surface area contributed by atoms with Crippen LogP contribution in [-0.4, -0.2) is 29.7 Å². The van der Waals surface area contributed by atoms with Crippen LogP contribution in [0, 0.1) is 18.8 Å². The highest BCUT2D eigenvalue weighted by molar-refractivity contribution is 6.14. The summed E-state index contributed by atoms with van der Waals surface area (Å²) in [6, 6.07) is 10.2. The van der Waals surface area contributed by atoms with Crippen molar-refractivity contribution in [2.75, 3.05) is 0 Å². The number of ketones is 1. The minimum atomic E-state index is -5.30. The molecule has 0 spiro atoms. The van der Waals surface area contributed by atoms with Gasteiger partial charge in [0, 0.05) is 44.5 Å². The van der Waals surface area contributed by atoms with Crippen molar-refractivity contribution in [3.63, 3.8) is 0 Å². The first-order valence-electron chi connectivity index (χ1n) is 14.8. The quantitative estimate of drug-likeness (QED) is 0.0693. The van der Waals surface area contributed by atoms with Crippen LogP contribution in [0.5, 0.6) is 23.0 Å². The number of alkyl halides is 3. The Kier molecular flexibility index (Phi) is 12.1. The number of halogens is 3. The predicted molar refractivity (Wildman–Crippen MR) is 180 cm³/mol. The second-order valence-electron chi connectivity index (χ2n) is 11.2. The predicted octanol–water partition coefficient (Wildman–Crippen LogP) is 7.57. The topological polar surface area (TPSA) is 122 Å². The highest BCUT2D eigenvalue weighted by atomic mass is 19.4. The van der Waals surface area contributed by atoms with Crippen molar-refractivity contribution >= 4 is 29.7 Å². The summed E-state index contributed by atoms with van der Waals surface area (Å²) in [5, 5.41) is 0. The van der Waals surface area contributed by atoms with Crippen molar-refractivity contribution in [2.45, 2.75) is 40.8 Å². The third-order valence-electron chi connectivity index (χ3n) is 6.66. The van der Waals surface area contributed by atoms with Gasteiger partial charge in [-0.05, 0) is 83.1 Å². The van der Waals surface area contributed by atoms with Gasteiger partial charge < -0.3 is 18.9 Å². The fourth-order valence-electron chi connectivity index (χ4n) is 4.00. The molecule has 3 aromatic carbocycles. The van der Waals surface area contributed by atoms with Gasteiger partial charge >= 0.3 is 30.1 Å². The lowest BCUT2D eigenvalue weighted by Gasteiger charge is -2.23. The molecule has 0 fully saturated rings. The minimum absolute atomic E-state index is 0.0118. The van der Waals surface area contributed by atoms with E-state index in [9.17, 15) is 24.0 Å². The molecule has 0 unspecified atom stereocenters. The summed E-state index contributed by atoms with van der Waals surface area (Å²) in [5.41, 5.74) is -4.07. The third-order valence-corrected chi connectivity index (χ3v) is 6.66. The normalized spacial score (nSPS) is 10.5. The average molecular weight is 701 g/mol. The smallest absolute Gasteiger partial charge is 0.421 e. The van der Waals surface area contributed by atoms with Crippen molar-refractivity contribution in [1.29, 1.82) is 0 Å². The van der Waals surface area contributed by atoms with E-state index in [0.29, 0.717) is 0 Å². The van der Waals surface area contributed by atoms with Gasteiger partial charge in [-0.1, -0.05) is 38.2 Å². The molecule has 51 heavy (non-hydrogen) atoms. The molecule has 0 bridgehead atoms. The summed E-state index contributed by atoms with van der Waals surface area (Å²) in [6.45, 7) is 20.3. The Balaban J connectivity index is 2.38. The van der Waals surface area contributed by atoms with Gasteiger partial charge in [0.2, 0.25) is 5.78 Å². The van der Waals surface area contributed by atoms with E-state index in [2.05, 4.69) is 38.2 Å². The molecule has 0 aromatic heterocycles. The maximum absolute atomic E-state index is 15.1. The lowest BCUT2D eigenvalue weighted by molar-refractivity contribution is -0.141. The molecule has 12 heteroatoms. The average Bonchev–Trinajstić information content (AvgIpc) is 3.05. The molecule has 0 amide bonds. The van der Waals surface area contributed by atoms with Crippen LogP contribution in [0.4, 0.5) is 13.2 Å². The number of carbonyl (C=O) groups excluding carboxylic acids is 5. The number of hydrogen-bond acceptors (Lipinski definition) is 9. The molecular weight excluding hydrogens is 669 g/mol. The van der Waals surface area contributed by atoms with E-state index in [1.54, 1.807) is 0 Å². The molecular formula is C39H31F3O9. The van der Waals surface area contributed by atoms with Crippen molar-refractivity contribution in [3.05, 3.63) is 131 Å². The first-order valence-corrected chi connectivity index (χ1v) is 14.8.